The summed E-state index contributed by atoms with van der Waals surface area (Å²) >= 11 is -2.28. The van der Waals surface area contributed by atoms with Crippen molar-refractivity contribution in [1.82, 2.24) is 14.6 Å². The van der Waals surface area contributed by atoms with Gasteiger partial charge in [-0.05, 0) is 23.2 Å². The maximum absolute atomic E-state index is 10.6. The fourth-order valence-electron chi connectivity index (χ4n) is 0.921. The fraction of sp³-hybridized carbons (Fsp3) is 0. The summed E-state index contributed by atoms with van der Waals surface area (Å²) in [6, 6.07) is 3.38. The molecule has 0 spiro atoms. The van der Waals surface area contributed by atoms with Gasteiger partial charge in [-0.25, -0.2) is 9.50 Å². The van der Waals surface area contributed by atoms with Gasteiger partial charge in [0.05, 0.1) is 6.20 Å². The molecule has 0 aliphatic heterocycles. The minimum absolute atomic E-state index is 0.0746. The van der Waals surface area contributed by atoms with Crippen LogP contribution in [0.2, 0.25) is 0 Å². The lowest BCUT2D eigenvalue weighted by molar-refractivity contribution is 0.530. The molecule has 2 aromatic rings. The number of imidazole rings is 1. The molecule has 0 aliphatic carbocycles. The minimum atomic E-state index is -2.28. The molecule has 2 heterocycles. The van der Waals surface area contributed by atoms with Gasteiger partial charge in [0, 0.05) is 6.20 Å². The highest BCUT2D eigenvalue weighted by Gasteiger charge is 2.01. The van der Waals surface area contributed by atoms with Crippen LogP contribution in [0.4, 0.5) is 0 Å². The molecule has 0 N–H and O–H groups in total. The Kier molecular flexibility index (Phi) is 1.63. The van der Waals surface area contributed by atoms with Crippen molar-refractivity contribution in [1.29, 1.82) is 0 Å². The molecule has 1 atom stereocenters. The van der Waals surface area contributed by atoms with E-state index in [2.05, 4.69) is 10.1 Å². The van der Waals surface area contributed by atoms with E-state index in [1.807, 2.05) is 0 Å². The monoisotopic (exact) mass is 182 g/mol. The van der Waals surface area contributed by atoms with Crippen LogP contribution >= 0.6 is 0 Å². The summed E-state index contributed by atoms with van der Waals surface area (Å²) in [4.78, 5) is 3.85. The number of rotatable bonds is 1. The third-order valence-corrected chi connectivity index (χ3v) is 2.04. The average Bonchev–Trinajstić information content (AvgIpc) is 2.47. The molecule has 12 heavy (non-hydrogen) atoms. The zero-order valence-electron chi connectivity index (χ0n) is 5.88. The van der Waals surface area contributed by atoms with Crippen LogP contribution in [0, 0.1) is 0 Å². The lowest BCUT2D eigenvalue weighted by atomic mass is 10.6. The highest BCUT2D eigenvalue weighted by molar-refractivity contribution is 7.79. The van der Waals surface area contributed by atoms with Crippen molar-refractivity contribution in [3.05, 3.63) is 24.5 Å². The van der Waals surface area contributed by atoms with Gasteiger partial charge < -0.3 is 4.55 Å². The van der Waals surface area contributed by atoms with Gasteiger partial charge in [0.2, 0.25) is 0 Å². The first-order valence-corrected chi connectivity index (χ1v) is 4.24. The first-order valence-electron chi connectivity index (χ1n) is 3.17. The summed E-state index contributed by atoms with van der Waals surface area (Å²) in [6.07, 6.45) is 2.77. The van der Waals surface area contributed by atoms with Crippen LogP contribution in [0.3, 0.4) is 0 Å². The van der Waals surface area contributed by atoms with Crippen LogP contribution < -0.4 is 0 Å². The van der Waals surface area contributed by atoms with Crippen LogP contribution in [-0.4, -0.2) is 23.4 Å². The molecule has 0 bridgehead atoms. The predicted molar refractivity (Wildman–Crippen MR) is 40.2 cm³/mol. The first kappa shape index (κ1) is 7.38. The molecule has 0 saturated heterocycles. The second kappa shape index (κ2) is 2.65. The Balaban J connectivity index is 2.79. The normalized spacial score (nSPS) is 13.4. The van der Waals surface area contributed by atoms with Crippen LogP contribution in [0.15, 0.2) is 29.6 Å². The number of fused-ring (bicyclic) bond motifs is 1. The summed E-state index contributed by atoms with van der Waals surface area (Å²) < 4.78 is 22.4. The summed E-state index contributed by atoms with van der Waals surface area (Å²) in [5, 5.41) is 3.90. The van der Waals surface area contributed by atoms with Gasteiger partial charge in [-0.15, -0.1) is 0 Å². The van der Waals surface area contributed by atoms with E-state index in [0.717, 1.165) is 0 Å². The quantitative estimate of drug-likeness (QED) is 0.580. The Labute approximate surface area is 70.3 Å². The smallest absolute Gasteiger partial charge is 0.154 e. The fourth-order valence-corrected chi connectivity index (χ4v) is 1.34. The Bertz CT molecular complexity index is 439. The number of hydrogen-bond donors (Lipinski definition) is 0. The summed E-state index contributed by atoms with van der Waals surface area (Å²) in [5.41, 5.74) is 0.525. The number of aromatic nitrogens is 3. The average molecular weight is 182 g/mol. The van der Waals surface area contributed by atoms with E-state index in [0.29, 0.717) is 5.65 Å². The number of nitrogens with zero attached hydrogens (tertiary/aromatic N) is 3. The van der Waals surface area contributed by atoms with Crippen molar-refractivity contribution in [3.63, 3.8) is 0 Å². The SMILES string of the molecule is O=S([O-])c1cnc2cccnn12. The second-order valence-electron chi connectivity index (χ2n) is 2.12. The highest BCUT2D eigenvalue weighted by Crippen LogP contribution is 2.05. The molecule has 0 aromatic carbocycles. The Morgan fingerprint density at radius 2 is 2.42 bits per heavy atom. The van der Waals surface area contributed by atoms with Crippen molar-refractivity contribution in [2.45, 2.75) is 5.03 Å². The third-order valence-electron chi connectivity index (χ3n) is 1.42. The molecule has 2 aromatic heterocycles. The lowest BCUT2D eigenvalue weighted by Crippen LogP contribution is -1.98. The Morgan fingerprint density at radius 1 is 1.58 bits per heavy atom. The van der Waals surface area contributed by atoms with Gasteiger partial charge in [0.15, 0.2) is 5.65 Å². The molecule has 0 saturated carbocycles. The zero-order valence-corrected chi connectivity index (χ0v) is 6.69. The van der Waals surface area contributed by atoms with E-state index in [1.165, 1.54) is 16.9 Å². The van der Waals surface area contributed by atoms with E-state index < -0.39 is 11.1 Å². The maximum Gasteiger partial charge on any atom is 0.154 e. The summed E-state index contributed by atoms with van der Waals surface area (Å²) in [7, 11) is 0. The molecule has 0 amide bonds. The van der Waals surface area contributed by atoms with E-state index in [1.54, 1.807) is 12.1 Å². The standard InChI is InChI=1S/C6H5N3O2S/c10-12(11)6-4-7-5-2-1-3-8-9(5)6/h1-4H,(H,10,11)/p-1. The van der Waals surface area contributed by atoms with Crippen molar-refractivity contribution in [2.24, 2.45) is 0 Å². The molecule has 2 rings (SSSR count). The molecule has 62 valence electrons. The topological polar surface area (TPSA) is 70.3 Å². The van der Waals surface area contributed by atoms with Gasteiger partial charge in [0.25, 0.3) is 0 Å². The molecule has 6 heteroatoms. The van der Waals surface area contributed by atoms with Gasteiger partial charge in [-0.1, -0.05) is 0 Å². The number of hydrogen-bond acceptors (Lipinski definition) is 4. The van der Waals surface area contributed by atoms with E-state index in [9.17, 15) is 8.76 Å². The molecule has 1 unspecified atom stereocenters. The predicted octanol–water partition coefficient (Wildman–Crippen LogP) is -0.0327. The van der Waals surface area contributed by atoms with Gasteiger partial charge in [-0.2, -0.15) is 5.10 Å². The van der Waals surface area contributed by atoms with E-state index in [4.69, 9.17) is 0 Å². The van der Waals surface area contributed by atoms with Crippen molar-refractivity contribution < 1.29 is 8.76 Å². The Morgan fingerprint density at radius 3 is 3.17 bits per heavy atom. The van der Waals surface area contributed by atoms with Gasteiger partial charge in [0.1, 0.15) is 5.03 Å². The van der Waals surface area contributed by atoms with E-state index in [-0.39, 0.29) is 5.03 Å². The third kappa shape index (κ3) is 1.01. The van der Waals surface area contributed by atoms with Crippen LogP contribution in [0.25, 0.3) is 5.65 Å². The zero-order chi connectivity index (χ0) is 8.55. The van der Waals surface area contributed by atoms with Crippen LogP contribution in [-0.2, 0) is 11.1 Å². The minimum Gasteiger partial charge on any atom is -0.767 e. The molecular formula is C6H4N3O2S-. The van der Waals surface area contributed by atoms with E-state index >= 15 is 0 Å². The molecule has 0 aliphatic rings. The lowest BCUT2D eigenvalue weighted by Gasteiger charge is -2.01. The molecule has 0 radical (unpaired) electrons. The van der Waals surface area contributed by atoms with Crippen LogP contribution in [0.5, 0.6) is 0 Å². The highest BCUT2D eigenvalue weighted by atomic mass is 32.2. The van der Waals surface area contributed by atoms with Gasteiger partial charge >= 0.3 is 0 Å². The van der Waals surface area contributed by atoms with Crippen LogP contribution in [0.1, 0.15) is 0 Å². The van der Waals surface area contributed by atoms with Crippen molar-refractivity contribution in [3.8, 4) is 0 Å². The van der Waals surface area contributed by atoms with Crippen molar-refractivity contribution in [2.75, 3.05) is 0 Å². The Hall–Kier alpha value is -1.27. The summed E-state index contributed by atoms with van der Waals surface area (Å²) in [5.74, 6) is 0. The summed E-state index contributed by atoms with van der Waals surface area (Å²) in [6.45, 7) is 0. The largest absolute Gasteiger partial charge is 0.767 e. The van der Waals surface area contributed by atoms with Gasteiger partial charge in [-0.3, -0.25) is 4.21 Å². The second-order valence-corrected chi connectivity index (χ2v) is 3.01. The molecular weight excluding hydrogens is 178 g/mol. The molecule has 0 fully saturated rings. The maximum atomic E-state index is 10.6. The first-order chi connectivity index (χ1) is 5.79. The molecule has 5 nitrogen and oxygen atoms in total. The van der Waals surface area contributed by atoms with Crippen molar-refractivity contribution >= 4 is 16.7 Å².